The minimum atomic E-state index is -3.74. The van der Waals surface area contributed by atoms with Gasteiger partial charge in [0.25, 0.3) is 0 Å². The van der Waals surface area contributed by atoms with Gasteiger partial charge in [-0.25, -0.2) is 8.42 Å². The molecular weight excluding hydrogens is 338 g/mol. The van der Waals surface area contributed by atoms with Crippen LogP contribution in [0.2, 0.25) is 5.02 Å². The first-order valence-electron chi connectivity index (χ1n) is 7.43. The van der Waals surface area contributed by atoms with E-state index in [-0.39, 0.29) is 4.90 Å². The van der Waals surface area contributed by atoms with E-state index in [4.69, 9.17) is 16.1 Å². The first-order chi connectivity index (χ1) is 10.8. The van der Waals surface area contributed by atoms with Gasteiger partial charge in [0.05, 0.1) is 10.4 Å². The summed E-state index contributed by atoms with van der Waals surface area (Å²) in [5, 5.41) is 4.36. The first kappa shape index (κ1) is 16.4. The molecule has 23 heavy (non-hydrogen) atoms. The van der Waals surface area contributed by atoms with Crippen molar-refractivity contribution in [3.63, 3.8) is 0 Å². The molecule has 0 spiro atoms. The molecule has 1 fully saturated rings. The van der Waals surface area contributed by atoms with E-state index in [0.717, 1.165) is 18.4 Å². The molecule has 0 bridgehead atoms. The van der Waals surface area contributed by atoms with Crippen molar-refractivity contribution in [3.8, 4) is 0 Å². The fourth-order valence-corrected chi connectivity index (χ4v) is 4.59. The monoisotopic (exact) mass is 355 g/mol. The van der Waals surface area contributed by atoms with E-state index in [1.165, 1.54) is 6.07 Å². The van der Waals surface area contributed by atoms with Crippen molar-refractivity contribution in [1.29, 1.82) is 0 Å². The number of aryl methyl sites for hydroxylation is 2. The van der Waals surface area contributed by atoms with Gasteiger partial charge >= 0.3 is 0 Å². The van der Waals surface area contributed by atoms with Gasteiger partial charge in [0.1, 0.15) is 0 Å². The van der Waals surface area contributed by atoms with E-state index < -0.39 is 15.6 Å². The maximum Gasteiger partial charge on any atom is 0.241 e. The van der Waals surface area contributed by atoms with Crippen LogP contribution in [0.15, 0.2) is 27.6 Å². The summed E-state index contributed by atoms with van der Waals surface area (Å²) in [6.07, 6.45) is 3.10. The highest BCUT2D eigenvalue weighted by atomic mass is 35.5. The average molecular weight is 356 g/mol. The molecule has 1 aliphatic carbocycles. The molecule has 0 unspecified atom stereocenters. The maximum absolute atomic E-state index is 12.8. The van der Waals surface area contributed by atoms with Crippen LogP contribution in [0.5, 0.6) is 0 Å². The molecule has 0 amide bonds. The van der Waals surface area contributed by atoms with Crippen LogP contribution in [-0.4, -0.2) is 18.6 Å². The molecule has 3 rings (SSSR count). The molecule has 1 saturated carbocycles. The quantitative estimate of drug-likeness (QED) is 0.910. The van der Waals surface area contributed by atoms with Crippen LogP contribution in [0, 0.1) is 13.8 Å². The average Bonchev–Trinajstić information content (AvgIpc) is 3.11. The van der Waals surface area contributed by atoms with Gasteiger partial charge in [-0.3, -0.25) is 0 Å². The van der Waals surface area contributed by atoms with Crippen LogP contribution in [0.4, 0.5) is 0 Å². The van der Waals surface area contributed by atoms with E-state index in [1.54, 1.807) is 19.1 Å². The van der Waals surface area contributed by atoms with Gasteiger partial charge in [-0.1, -0.05) is 35.7 Å². The number of hydrogen-bond acceptors (Lipinski definition) is 5. The van der Waals surface area contributed by atoms with Crippen LogP contribution >= 0.6 is 11.6 Å². The molecule has 2 aromatic rings. The van der Waals surface area contributed by atoms with E-state index in [1.807, 2.05) is 6.92 Å². The largest absolute Gasteiger partial charge is 0.340 e. The molecular formula is C15H18ClN3O3S. The summed E-state index contributed by atoms with van der Waals surface area (Å²) in [6.45, 7) is 3.51. The lowest BCUT2D eigenvalue weighted by atomic mass is 9.99. The van der Waals surface area contributed by atoms with Crippen LogP contribution in [0.25, 0.3) is 0 Å². The topological polar surface area (TPSA) is 85.1 Å². The Balaban J connectivity index is 1.98. The molecule has 0 saturated heterocycles. The Morgan fingerprint density at radius 1 is 1.26 bits per heavy atom. The summed E-state index contributed by atoms with van der Waals surface area (Å²) in [6, 6.07) is 4.70. The third-order valence-corrected chi connectivity index (χ3v) is 6.14. The van der Waals surface area contributed by atoms with Crippen LogP contribution in [-0.2, 0) is 15.6 Å². The zero-order valence-corrected chi connectivity index (χ0v) is 14.5. The predicted molar refractivity (Wildman–Crippen MR) is 85.7 cm³/mol. The Morgan fingerprint density at radius 2 is 1.96 bits per heavy atom. The minimum Gasteiger partial charge on any atom is -0.340 e. The molecule has 1 aromatic carbocycles. The van der Waals surface area contributed by atoms with Gasteiger partial charge in [-0.2, -0.15) is 9.71 Å². The number of nitrogens with one attached hydrogen (secondary N) is 1. The fourth-order valence-electron chi connectivity index (χ4n) is 2.90. The molecule has 1 heterocycles. The summed E-state index contributed by atoms with van der Waals surface area (Å²) in [4.78, 5) is 4.38. The van der Waals surface area contributed by atoms with Gasteiger partial charge < -0.3 is 4.52 Å². The SMILES string of the molecule is Cc1nc(C2(NS(=O)(=O)c3ccc(C)c(Cl)c3)CCCC2)no1. The lowest BCUT2D eigenvalue weighted by Gasteiger charge is -2.26. The molecule has 0 atom stereocenters. The Bertz CT molecular complexity index is 826. The van der Waals surface area contributed by atoms with E-state index in [9.17, 15) is 8.42 Å². The summed E-state index contributed by atoms with van der Waals surface area (Å²) in [7, 11) is -3.74. The lowest BCUT2D eigenvalue weighted by molar-refractivity contribution is 0.338. The third kappa shape index (κ3) is 3.13. The van der Waals surface area contributed by atoms with Gasteiger partial charge in [0, 0.05) is 11.9 Å². The number of rotatable bonds is 4. The minimum absolute atomic E-state index is 0.139. The number of halogens is 1. The number of nitrogens with zero attached hydrogens (tertiary/aromatic N) is 2. The highest BCUT2D eigenvalue weighted by molar-refractivity contribution is 7.89. The summed E-state index contributed by atoms with van der Waals surface area (Å²) in [5.41, 5.74) is 0.0171. The van der Waals surface area contributed by atoms with Crippen LogP contribution < -0.4 is 4.72 Å². The second kappa shape index (κ2) is 5.89. The zero-order valence-electron chi connectivity index (χ0n) is 13.0. The normalized spacial score (nSPS) is 17.5. The predicted octanol–water partition coefficient (Wildman–Crippen LogP) is 3.09. The molecule has 0 radical (unpaired) electrons. The Kier molecular flexibility index (Phi) is 4.20. The van der Waals surface area contributed by atoms with Gasteiger partial charge in [0.2, 0.25) is 15.9 Å². The first-order valence-corrected chi connectivity index (χ1v) is 9.29. The van der Waals surface area contributed by atoms with Crippen molar-refractivity contribution >= 4 is 21.6 Å². The van der Waals surface area contributed by atoms with Crippen molar-refractivity contribution < 1.29 is 12.9 Å². The standard InChI is InChI=1S/C15H18ClN3O3S/c1-10-5-6-12(9-13(10)16)23(20,21)19-15(7-3-4-8-15)14-17-11(2)22-18-14/h5-6,9,19H,3-4,7-8H2,1-2H3. The lowest BCUT2D eigenvalue weighted by Crippen LogP contribution is -2.44. The molecule has 6 nitrogen and oxygen atoms in total. The van der Waals surface area contributed by atoms with Crippen molar-refractivity contribution in [3.05, 3.63) is 40.5 Å². The smallest absolute Gasteiger partial charge is 0.241 e. The van der Waals surface area contributed by atoms with Crippen molar-refractivity contribution in [1.82, 2.24) is 14.9 Å². The maximum atomic E-state index is 12.8. The summed E-state index contributed by atoms with van der Waals surface area (Å²) >= 11 is 6.06. The highest BCUT2D eigenvalue weighted by Crippen LogP contribution is 2.38. The Morgan fingerprint density at radius 3 is 2.52 bits per heavy atom. The van der Waals surface area contributed by atoms with Crippen LogP contribution in [0.1, 0.15) is 43.0 Å². The number of sulfonamides is 1. The second-order valence-corrected chi connectivity index (χ2v) is 8.03. The molecule has 8 heteroatoms. The molecule has 1 N–H and O–H groups in total. The van der Waals surface area contributed by atoms with Crippen molar-refractivity contribution in [2.24, 2.45) is 0 Å². The summed E-state index contributed by atoms with van der Waals surface area (Å²) in [5.74, 6) is 0.818. The van der Waals surface area contributed by atoms with E-state index in [0.29, 0.717) is 29.6 Å². The number of hydrogen-bond donors (Lipinski definition) is 1. The molecule has 0 aliphatic heterocycles. The molecule has 124 valence electrons. The third-order valence-electron chi connectivity index (χ3n) is 4.20. The fraction of sp³-hybridized carbons (Fsp3) is 0.467. The highest BCUT2D eigenvalue weighted by Gasteiger charge is 2.43. The molecule has 1 aromatic heterocycles. The summed E-state index contributed by atoms with van der Waals surface area (Å²) < 4.78 is 33.4. The number of benzene rings is 1. The Labute approximate surface area is 140 Å². The number of aromatic nitrogens is 2. The van der Waals surface area contributed by atoms with Crippen molar-refractivity contribution in [2.75, 3.05) is 0 Å². The van der Waals surface area contributed by atoms with Gasteiger partial charge in [-0.05, 0) is 37.5 Å². The van der Waals surface area contributed by atoms with E-state index >= 15 is 0 Å². The van der Waals surface area contributed by atoms with Gasteiger partial charge in [-0.15, -0.1) is 0 Å². The molecule has 1 aliphatic rings. The van der Waals surface area contributed by atoms with E-state index in [2.05, 4.69) is 14.9 Å². The zero-order chi connectivity index (χ0) is 16.7. The van der Waals surface area contributed by atoms with Crippen LogP contribution in [0.3, 0.4) is 0 Å². The Hall–Kier alpha value is -1.44. The second-order valence-electron chi connectivity index (χ2n) is 5.94. The van der Waals surface area contributed by atoms with Crippen molar-refractivity contribution in [2.45, 2.75) is 50.0 Å². The van der Waals surface area contributed by atoms with Gasteiger partial charge in [0.15, 0.2) is 5.82 Å².